The smallest absolute Gasteiger partial charge is 0.340 e. The van der Waals surface area contributed by atoms with Crippen molar-refractivity contribution >= 4 is 5.97 Å². The third-order valence-electron chi connectivity index (χ3n) is 6.13. The van der Waals surface area contributed by atoms with E-state index in [1.807, 2.05) is 19.1 Å². The maximum Gasteiger partial charge on any atom is 0.340 e. The Morgan fingerprint density at radius 3 is 2.18 bits per heavy atom. The summed E-state index contributed by atoms with van der Waals surface area (Å²) in [5.41, 5.74) is 5.23. The van der Waals surface area contributed by atoms with Crippen LogP contribution in [0.15, 0.2) is 24.3 Å². The number of aryl methyl sites for hydroxylation is 1. The number of hydrogen-bond acceptors (Lipinski definition) is 7. The number of hydrogen-bond donors (Lipinski definition) is 1. The van der Waals surface area contributed by atoms with E-state index in [0.717, 1.165) is 28.9 Å². The van der Waals surface area contributed by atoms with Gasteiger partial charge in [0.05, 0.1) is 46.8 Å². The second-order valence-corrected chi connectivity index (χ2v) is 7.67. The molecule has 1 N–H and O–H groups in total. The number of esters is 1. The van der Waals surface area contributed by atoms with E-state index in [1.165, 1.54) is 21.3 Å². The molecule has 1 aliphatic rings. The largest absolute Gasteiger partial charge is 0.504 e. The van der Waals surface area contributed by atoms with E-state index in [0.29, 0.717) is 40.5 Å². The number of aromatic nitrogens is 1. The van der Waals surface area contributed by atoms with Crippen molar-refractivity contribution in [1.82, 2.24) is 4.57 Å². The van der Waals surface area contributed by atoms with Crippen LogP contribution >= 0.6 is 0 Å². The molecule has 0 saturated carbocycles. The molecule has 0 atom stereocenters. The molecule has 0 unspecified atom stereocenters. The number of ether oxygens (including phenoxy) is 5. The van der Waals surface area contributed by atoms with Gasteiger partial charge < -0.3 is 33.4 Å². The standard InChI is InChI=1S/C25H27NO7/c1-13-21(15-9-17(27)24(32-5)20(11-15)31-4)22(25(28)33-6)23-16-12-19(30-3)18(29-2)10-14(16)7-8-26(13)23/h9-12,27H,7-8H2,1-6H3. The Balaban J connectivity index is 2.06. The molecule has 0 bridgehead atoms. The van der Waals surface area contributed by atoms with Crippen molar-refractivity contribution in [3.05, 3.63) is 41.1 Å². The average Bonchev–Trinajstić information content (AvgIpc) is 3.14. The molecule has 0 amide bonds. The maximum atomic E-state index is 13.1. The minimum Gasteiger partial charge on any atom is -0.504 e. The summed E-state index contributed by atoms with van der Waals surface area (Å²) < 4.78 is 29.0. The Morgan fingerprint density at radius 2 is 1.58 bits per heavy atom. The fourth-order valence-corrected chi connectivity index (χ4v) is 4.62. The number of rotatable bonds is 6. The second-order valence-electron chi connectivity index (χ2n) is 7.67. The molecular weight excluding hydrogens is 426 g/mol. The molecule has 0 saturated heterocycles. The summed E-state index contributed by atoms with van der Waals surface area (Å²) in [5, 5.41) is 10.6. The zero-order chi connectivity index (χ0) is 23.9. The van der Waals surface area contributed by atoms with Gasteiger partial charge in [-0.25, -0.2) is 4.79 Å². The third-order valence-corrected chi connectivity index (χ3v) is 6.13. The number of methoxy groups -OCH3 is 5. The number of carbonyl (C=O) groups excluding carboxylic acids is 1. The summed E-state index contributed by atoms with van der Waals surface area (Å²) in [5.74, 6) is 1.24. The summed E-state index contributed by atoms with van der Waals surface area (Å²) in [6.07, 6.45) is 0.759. The second kappa shape index (κ2) is 8.61. The Labute approximate surface area is 192 Å². The Bertz CT molecular complexity index is 1240. The van der Waals surface area contributed by atoms with Crippen LogP contribution in [0.1, 0.15) is 21.6 Å². The Hall–Kier alpha value is -3.81. The molecule has 2 aromatic carbocycles. The summed E-state index contributed by atoms with van der Waals surface area (Å²) in [6.45, 7) is 2.62. The Kier molecular flexibility index (Phi) is 5.84. The van der Waals surface area contributed by atoms with Crippen LogP contribution < -0.4 is 18.9 Å². The number of phenols is 1. The van der Waals surface area contributed by atoms with Crippen molar-refractivity contribution in [3.63, 3.8) is 0 Å². The minimum absolute atomic E-state index is 0.0851. The first-order valence-electron chi connectivity index (χ1n) is 10.4. The molecule has 3 aromatic rings. The van der Waals surface area contributed by atoms with Crippen molar-refractivity contribution in [1.29, 1.82) is 0 Å². The molecule has 0 fully saturated rings. The maximum absolute atomic E-state index is 13.1. The van der Waals surface area contributed by atoms with Gasteiger partial charge >= 0.3 is 5.97 Å². The highest BCUT2D eigenvalue weighted by atomic mass is 16.5. The normalized spacial score (nSPS) is 11.9. The lowest BCUT2D eigenvalue weighted by atomic mass is 9.93. The van der Waals surface area contributed by atoms with E-state index in [9.17, 15) is 9.90 Å². The van der Waals surface area contributed by atoms with Crippen LogP contribution in [-0.2, 0) is 17.7 Å². The molecule has 0 spiro atoms. The lowest BCUT2D eigenvalue weighted by Gasteiger charge is -2.23. The van der Waals surface area contributed by atoms with Gasteiger partial charge in [0.15, 0.2) is 23.0 Å². The van der Waals surface area contributed by atoms with Crippen molar-refractivity contribution in [2.45, 2.75) is 19.9 Å². The van der Waals surface area contributed by atoms with Crippen LogP contribution in [0.2, 0.25) is 0 Å². The third kappa shape index (κ3) is 3.42. The van der Waals surface area contributed by atoms with Gasteiger partial charge in [-0.3, -0.25) is 0 Å². The zero-order valence-corrected chi connectivity index (χ0v) is 19.6. The monoisotopic (exact) mass is 453 g/mol. The van der Waals surface area contributed by atoms with Crippen molar-refractivity contribution < 1.29 is 33.6 Å². The molecular formula is C25H27NO7. The van der Waals surface area contributed by atoms with E-state index in [1.54, 1.807) is 26.4 Å². The number of nitrogens with zero attached hydrogens (tertiary/aromatic N) is 1. The fraction of sp³-hybridized carbons (Fsp3) is 0.320. The van der Waals surface area contributed by atoms with Gasteiger partial charge in [0.1, 0.15) is 0 Å². The highest BCUT2D eigenvalue weighted by molar-refractivity contribution is 6.05. The van der Waals surface area contributed by atoms with Crippen LogP contribution in [0.25, 0.3) is 22.4 Å². The number of fused-ring (bicyclic) bond motifs is 3. The minimum atomic E-state index is -0.473. The molecule has 0 aliphatic carbocycles. The van der Waals surface area contributed by atoms with Crippen LogP contribution in [0.3, 0.4) is 0 Å². The molecule has 2 heterocycles. The summed E-state index contributed by atoms with van der Waals surface area (Å²) in [4.78, 5) is 13.1. The van der Waals surface area contributed by atoms with Gasteiger partial charge in [-0.2, -0.15) is 0 Å². The highest BCUT2D eigenvalue weighted by Crippen LogP contribution is 2.48. The quantitative estimate of drug-likeness (QED) is 0.559. The fourth-order valence-electron chi connectivity index (χ4n) is 4.62. The first-order valence-corrected chi connectivity index (χ1v) is 10.4. The van der Waals surface area contributed by atoms with Gasteiger partial charge in [0, 0.05) is 23.4 Å². The predicted molar refractivity (Wildman–Crippen MR) is 123 cm³/mol. The molecule has 8 heteroatoms. The van der Waals surface area contributed by atoms with Gasteiger partial charge in [0.25, 0.3) is 0 Å². The lowest BCUT2D eigenvalue weighted by Crippen LogP contribution is -2.14. The number of benzene rings is 2. The molecule has 8 nitrogen and oxygen atoms in total. The van der Waals surface area contributed by atoms with Gasteiger partial charge in [0.2, 0.25) is 5.75 Å². The molecule has 0 radical (unpaired) electrons. The van der Waals surface area contributed by atoms with E-state index < -0.39 is 5.97 Å². The van der Waals surface area contributed by atoms with Crippen LogP contribution in [-0.4, -0.2) is 51.2 Å². The predicted octanol–water partition coefficient (Wildman–Crippen LogP) is 4.21. The number of carbonyl (C=O) groups is 1. The first kappa shape index (κ1) is 22.4. The van der Waals surface area contributed by atoms with Crippen molar-refractivity contribution in [3.8, 4) is 51.1 Å². The van der Waals surface area contributed by atoms with E-state index >= 15 is 0 Å². The van der Waals surface area contributed by atoms with Gasteiger partial charge in [-0.05, 0) is 48.7 Å². The number of aromatic hydroxyl groups is 1. The molecule has 1 aromatic heterocycles. The van der Waals surface area contributed by atoms with E-state index in [2.05, 4.69) is 4.57 Å². The molecule has 1 aliphatic heterocycles. The first-order chi connectivity index (χ1) is 15.9. The van der Waals surface area contributed by atoms with Crippen molar-refractivity contribution in [2.24, 2.45) is 0 Å². The summed E-state index contributed by atoms with van der Waals surface area (Å²) >= 11 is 0. The van der Waals surface area contributed by atoms with Gasteiger partial charge in [-0.15, -0.1) is 0 Å². The van der Waals surface area contributed by atoms with Crippen LogP contribution in [0.4, 0.5) is 0 Å². The molecule has 33 heavy (non-hydrogen) atoms. The van der Waals surface area contributed by atoms with E-state index in [4.69, 9.17) is 23.7 Å². The molecule has 4 rings (SSSR count). The topological polar surface area (TPSA) is 88.4 Å². The van der Waals surface area contributed by atoms with Gasteiger partial charge in [-0.1, -0.05) is 0 Å². The SMILES string of the molecule is COC(=O)c1c(-c2cc(O)c(OC)c(OC)c2)c(C)n2c1-c1cc(OC)c(OC)cc1CC2. The lowest BCUT2D eigenvalue weighted by molar-refractivity contribution is 0.0602. The molecule has 174 valence electrons. The summed E-state index contributed by atoms with van der Waals surface area (Å²) in [6, 6.07) is 7.15. The Morgan fingerprint density at radius 1 is 0.909 bits per heavy atom. The average molecular weight is 453 g/mol. The van der Waals surface area contributed by atoms with Crippen LogP contribution in [0, 0.1) is 6.92 Å². The van der Waals surface area contributed by atoms with Crippen molar-refractivity contribution in [2.75, 3.05) is 35.5 Å². The van der Waals surface area contributed by atoms with E-state index in [-0.39, 0.29) is 11.5 Å². The summed E-state index contributed by atoms with van der Waals surface area (Å²) in [7, 11) is 7.49. The van der Waals surface area contributed by atoms with Crippen LogP contribution in [0.5, 0.6) is 28.7 Å². The zero-order valence-electron chi connectivity index (χ0n) is 19.6. The number of phenolic OH excluding ortho intramolecular Hbond substituents is 1. The highest BCUT2D eigenvalue weighted by Gasteiger charge is 2.32.